The molecule has 154 valence electrons. The predicted molar refractivity (Wildman–Crippen MR) is 106 cm³/mol. The van der Waals surface area contributed by atoms with Crippen LogP contribution in [0.4, 0.5) is 0 Å². The second kappa shape index (κ2) is 12.4. The molecule has 0 heterocycles. The Bertz CT molecular complexity index is 581. The summed E-state index contributed by atoms with van der Waals surface area (Å²) < 4.78 is 28.8. The first-order chi connectivity index (χ1) is 12.9. The lowest BCUT2D eigenvalue weighted by molar-refractivity contribution is -0.125. The summed E-state index contributed by atoms with van der Waals surface area (Å²) in [6, 6.07) is 9.85. The van der Waals surface area contributed by atoms with Crippen molar-refractivity contribution in [2.24, 2.45) is 5.92 Å². The van der Waals surface area contributed by atoms with Gasteiger partial charge in [0.05, 0.1) is 25.9 Å². The van der Waals surface area contributed by atoms with Gasteiger partial charge in [-0.25, -0.2) is 0 Å². The summed E-state index contributed by atoms with van der Waals surface area (Å²) in [5.74, 6) is -0.957. The summed E-state index contributed by atoms with van der Waals surface area (Å²) in [7, 11) is -3.52. The molecule has 0 aromatic heterocycles. The van der Waals surface area contributed by atoms with Gasteiger partial charge in [-0.1, -0.05) is 37.3 Å². The second-order valence-corrected chi connectivity index (χ2v) is 8.86. The smallest absolute Gasteiger partial charge is 0.340 e. The first kappa shape index (κ1) is 24.0. The zero-order chi connectivity index (χ0) is 20.3. The number of carbonyl (C=O) groups is 1. The number of benzene rings is 1. The first-order valence-electron chi connectivity index (χ1n) is 9.58. The van der Waals surface area contributed by atoms with Crippen molar-refractivity contribution in [1.29, 1.82) is 0 Å². The van der Waals surface area contributed by atoms with Crippen LogP contribution in [0.1, 0.15) is 46.1 Å². The van der Waals surface area contributed by atoms with E-state index in [-0.39, 0.29) is 19.0 Å². The zero-order valence-electron chi connectivity index (χ0n) is 16.8. The fraction of sp³-hybridized carbons (Fsp3) is 0.650. The predicted octanol–water partition coefficient (Wildman–Crippen LogP) is 4.20. The Morgan fingerprint density at radius 2 is 1.70 bits per heavy atom. The standard InChI is InChI=1S/C20H33O6P/c1-5-25-27(23,26-6-2)17(4)20(22)16(3)19(21)13-10-14-24-15-18-11-8-7-9-12-18/h7-9,11-12,16-17,19,21H,5-6,10,13-15H2,1-4H3/t16-,17?,19+/m0/s1. The molecule has 0 saturated carbocycles. The molecule has 0 amide bonds. The van der Waals surface area contributed by atoms with Gasteiger partial charge in [-0.2, -0.15) is 0 Å². The average Bonchev–Trinajstić information content (AvgIpc) is 2.67. The number of aliphatic hydroxyl groups is 1. The number of hydrogen-bond acceptors (Lipinski definition) is 6. The van der Waals surface area contributed by atoms with Crippen LogP contribution in [0.25, 0.3) is 0 Å². The van der Waals surface area contributed by atoms with Crippen molar-refractivity contribution in [3.63, 3.8) is 0 Å². The number of Topliss-reactive ketones (excluding diaryl/α,β-unsaturated/α-hetero) is 1. The summed E-state index contributed by atoms with van der Waals surface area (Å²) in [5, 5.41) is 10.3. The van der Waals surface area contributed by atoms with E-state index in [2.05, 4.69) is 0 Å². The van der Waals surface area contributed by atoms with E-state index in [9.17, 15) is 14.5 Å². The number of rotatable bonds is 14. The maximum Gasteiger partial charge on any atom is 0.340 e. The molecule has 0 radical (unpaired) electrons. The van der Waals surface area contributed by atoms with E-state index in [1.165, 1.54) is 0 Å². The summed E-state index contributed by atoms with van der Waals surface area (Å²) in [6.45, 7) is 8.02. The highest BCUT2D eigenvalue weighted by Crippen LogP contribution is 2.53. The van der Waals surface area contributed by atoms with E-state index in [0.29, 0.717) is 26.1 Å². The van der Waals surface area contributed by atoms with E-state index in [4.69, 9.17) is 13.8 Å². The van der Waals surface area contributed by atoms with Crippen LogP contribution in [0.3, 0.4) is 0 Å². The third-order valence-corrected chi connectivity index (χ3v) is 6.87. The third-order valence-electron chi connectivity index (χ3n) is 4.43. The van der Waals surface area contributed by atoms with Crippen LogP contribution in [-0.2, 0) is 29.8 Å². The van der Waals surface area contributed by atoms with Gasteiger partial charge < -0.3 is 18.9 Å². The van der Waals surface area contributed by atoms with Crippen LogP contribution in [0.15, 0.2) is 30.3 Å². The van der Waals surface area contributed by atoms with Crippen molar-refractivity contribution in [2.75, 3.05) is 19.8 Å². The van der Waals surface area contributed by atoms with Crippen molar-refractivity contribution in [1.82, 2.24) is 0 Å². The summed E-state index contributed by atoms with van der Waals surface area (Å²) in [4.78, 5) is 12.6. The monoisotopic (exact) mass is 400 g/mol. The molecular formula is C20H33O6P. The molecule has 7 heteroatoms. The van der Waals surface area contributed by atoms with Crippen LogP contribution in [0.2, 0.25) is 0 Å². The fourth-order valence-corrected chi connectivity index (χ4v) is 4.54. The van der Waals surface area contributed by atoms with Gasteiger partial charge in [0.25, 0.3) is 0 Å². The molecule has 0 spiro atoms. The minimum absolute atomic E-state index is 0.199. The summed E-state index contributed by atoms with van der Waals surface area (Å²) >= 11 is 0. The van der Waals surface area contributed by atoms with Crippen molar-refractivity contribution in [3.8, 4) is 0 Å². The molecule has 1 N–H and O–H groups in total. The van der Waals surface area contributed by atoms with Crippen molar-refractivity contribution < 1.29 is 28.3 Å². The minimum atomic E-state index is -3.52. The van der Waals surface area contributed by atoms with Crippen molar-refractivity contribution >= 4 is 13.4 Å². The van der Waals surface area contributed by atoms with Gasteiger partial charge in [0.2, 0.25) is 0 Å². The lowest BCUT2D eigenvalue weighted by atomic mass is 9.94. The van der Waals surface area contributed by atoms with E-state index in [1.807, 2.05) is 30.3 Å². The lowest BCUT2D eigenvalue weighted by Crippen LogP contribution is -2.33. The number of aliphatic hydroxyl groups excluding tert-OH is 1. The minimum Gasteiger partial charge on any atom is -0.392 e. The lowest BCUT2D eigenvalue weighted by Gasteiger charge is -2.26. The Labute approximate surface area is 162 Å². The van der Waals surface area contributed by atoms with E-state index < -0.39 is 25.3 Å². The van der Waals surface area contributed by atoms with Gasteiger partial charge in [-0.05, 0) is 39.2 Å². The van der Waals surface area contributed by atoms with Gasteiger partial charge in [0, 0.05) is 12.5 Å². The topological polar surface area (TPSA) is 82.1 Å². The van der Waals surface area contributed by atoms with Gasteiger partial charge in [0.15, 0.2) is 5.78 Å². The molecule has 0 aliphatic carbocycles. The number of ketones is 1. The van der Waals surface area contributed by atoms with Gasteiger partial charge in [0.1, 0.15) is 5.66 Å². The highest BCUT2D eigenvalue weighted by molar-refractivity contribution is 7.55. The Morgan fingerprint density at radius 1 is 1.11 bits per heavy atom. The fourth-order valence-electron chi connectivity index (χ4n) is 2.76. The number of hydrogen-bond donors (Lipinski definition) is 1. The third kappa shape index (κ3) is 7.84. The molecule has 1 aromatic carbocycles. The summed E-state index contributed by atoms with van der Waals surface area (Å²) in [5.41, 5.74) is 0.189. The first-order valence-corrected chi connectivity index (χ1v) is 11.2. The molecule has 0 fully saturated rings. The van der Waals surface area contributed by atoms with Gasteiger partial charge in [-0.3, -0.25) is 9.36 Å². The van der Waals surface area contributed by atoms with Crippen LogP contribution in [0.5, 0.6) is 0 Å². The quantitative estimate of drug-likeness (QED) is 0.372. The van der Waals surface area contributed by atoms with E-state index in [0.717, 1.165) is 5.56 Å². The molecule has 3 atom stereocenters. The Balaban J connectivity index is 2.43. The number of ether oxygens (including phenoxy) is 1. The highest BCUT2D eigenvalue weighted by Gasteiger charge is 2.40. The second-order valence-electron chi connectivity index (χ2n) is 6.49. The normalized spacial score (nSPS) is 15.3. The highest BCUT2D eigenvalue weighted by atomic mass is 31.2. The molecule has 1 rings (SSSR count). The Hall–Kier alpha value is -1.04. The maximum atomic E-state index is 12.7. The molecule has 6 nitrogen and oxygen atoms in total. The van der Waals surface area contributed by atoms with Crippen LogP contribution < -0.4 is 0 Å². The molecule has 0 saturated heterocycles. The zero-order valence-corrected chi connectivity index (χ0v) is 17.7. The summed E-state index contributed by atoms with van der Waals surface area (Å²) in [6.07, 6.45) is 0.244. The van der Waals surface area contributed by atoms with E-state index in [1.54, 1.807) is 27.7 Å². The Morgan fingerprint density at radius 3 is 2.26 bits per heavy atom. The molecule has 0 aliphatic rings. The molecule has 1 unspecified atom stereocenters. The average molecular weight is 400 g/mol. The SMILES string of the molecule is CCOP(=O)(OCC)C(C)C(=O)[C@@H](C)[C@H](O)CCCOCc1ccccc1. The van der Waals surface area contributed by atoms with Crippen LogP contribution in [0, 0.1) is 5.92 Å². The van der Waals surface area contributed by atoms with Crippen LogP contribution in [-0.4, -0.2) is 42.5 Å². The van der Waals surface area contributed by atoms with Crippen molar-refractivity contribution in [3.05, 3.63) is 35.9 Å². The molecule has 27 heavy (non-hydrogen) atoms. The molecular weight excluding hydrogens is 367 g/mol. The number of carbonyl (C=O) groups excluding carboxylic acids is 1. The molecule has 1 aromatic rings. The maximum absolute atomic E-state index is 12.7. The van der Waals surface area contributed by atoms with Crippen LogP contribution >= 0.6 is 7.60 Å². The Kier molecular flexibility index (Phi) is 11.0. The largest absolute Gasteiger partial charge is 0.392 e. The van der Waals surface area contributed by atoms with E-state index >= 15 is 0 Å². The van der Waals surface area contributed by atoms with Gasteiger partial charge in [-0.15, -0.1) is 0 Å². The van der Waals surface area contributed by atoms with Gasteiger partial charge >= 0.3 is 7.60 Å². The molecule has 0 bridgehead atoms. The molecule has 0 aliphatic heterocycles. The van der Waals surface area contributed by atoms with Crippen molar-refractivity contribution in [2.45, 2.75) is 58.9 Å².